The second-order valence-corrected chi connectivity index (χ2v) is 5.64. The van der Waals surface area contributed by atoms with E-state index >= 15 is 0 Å². The lowest BCUT2D eigenvalue weighted by Crippen LogP contribution is -2.40. The highest BCUT2D eigenvalue weighted by Crippen LogP contribution is 2.33. The third-order valence-corrected chi connectivity index (χ3v) is 4.10. The molecule has 0 saturated carbocycles. The lowest BCUT2D eigenvalue weighted by molar-refractivity contribution is 0.351. The molecule has 2 aromatic rings. The van der Waals surface area contributed by atoms with Crippen LogP contribution in [0.25, 0.3) is 0 Å². The lowest BCUT2D eigenvalue weighted by Gasteiger charge is -2.21. The van der Waals surface area contributed by atoms with Crippen molar-refractivity contribution in [2.24, 2.45) is 14.1 Å². The Labute approximate surface area is 149 Å². The summed E-state index contributed by atoms with van der Waals surface area (Å²) in [7, 11) is 5.53. The van der Waals surface area contributed by atoms with Gasteiger partial charge in [-0.15, -0.1) is 0 Å². The largest absolute Gasteiger partial charge is 0.493 e. The summed E-state index contributed by atoms with van der Waals surface area (Å²) in [6.45, 7) is 1.63. The Hall–Kier alpha value is -3.28. The van der Waals surface area contributed by atoms with Crippen LogP contribution in [-0.4, -0.2) is 23.4 Å². The smallest absolute Gasteiger partial charge is 0.332 e. The van der Waals surface area contributed by atoms with Crippen LogP contribution in [0.1, 0.15) is 24.1 Å². The Kier molecular flexibility index (Phi) is 5.35. The fraction of sp³-hybridized carbons (Fsp3) is 0.353. The Balaban J connectivity index is 2.56. The monoisotopic (exact) mass is 362 g/mol. The molecule has 1 unspecified atom stereocenters. The van der Waals surface area contributed by atoms with Gasteiger partial charge in [-0.25, -0.2) is 9.18 Å². The molecule has 0 amide bonds. The molecule has 8 nitrogen and oxygen atoms in total. The van der Waals surface area contributed by atoms with Crippen molar-refractivity contribution in [3.8, 4) is 17.6 Å². The Morgan fingerprint density at radius 2 is 1.73 bits per heavy atom. The van der Waals surface area contributed by atoms with Crippen molar-refractivity contribution in [1.82, 2.24) is 9.13 Å². The highest BCUT2D eigenvalue weighted by atomic mass is 19.1. The summed E-state index contributed by atoms with van der Waals surface area (Å²) < 4.78 is 26.6. The van der Waals surface area contributed by atoms with Gasteiger partial charge in [0, 0.05) is 25.7 Å². The van der Waals surface area contributed by atoms with Gasteiger partial charge in [0.05, 0.1) is 20.3 Å². The van der Waals surface area contributed by atoms with Gasteiger partial charge in [-0.1, -0.05) is 0 Å². The highest BCUT2D eigenvalue weighted by Gasteiger charge is 2.21. The molecule has 0 fully saturated rings. The quantitative estimate of drug-likeness (QED) is 0.861. The third-order valence-electron chi connectivity index (χ3n) is 4.10. The van der Waals surface area contributed by atoms with Crippen LogP contribution in [0.3, 0.4) is 0 Å². The van der Waals surface area contributed by atoms with Crippen molar-refractivity contribution in [2.45, 2.75) is 13.0 Å². The fourth-order valence-corrected chi connectivity index (χ4v) is 2.60. The number of anilines is 1. The first-order valence-corrected chi connectivity index (χ1v) is 7.64. The molecule has 0 aliphatic heterocycles. The average Bonchev–Trinajstić information content (AvgIpc) is 2.64. The number of nitriles is 1. The summed E-state index contributed by atoms with van der Waals surface area (Å²) in [4.78, 5) is 24.3. The number of hydrogen-bond donors (Lipinski definition) is 1. The number of ether oxygens (including phenoxy) is 2. The summed E-state index contributed by atoms with van der Waals surface area (Å²) in [5, 5.41) is 12.2. The maximum atomic E-state index is 14.4. The minimum Gasteiger partial charge on any atom is -0.493 e. The van der Waals surface area contributed by atoms with Gasteiger partial charge >= 0.3 is 5.69 Å². The standard InChI is InChI=1S/C17H19FN4O4/c1-9(10-6-13(25-4)14(26-5)7-12(10)18)20-15-11(8-19)16(23)22(3)17(24)21(15)2/h6-7,9,20H,1-5H3. The Morgan fingerprint density at radius 1 is 1.15 bits per heavy atom. The van der Waals surface area contributed by atoms with E-state index in [4.69, 9.17) is 9.47 Å². The molecule has 0 aliphatic rings. The summed E-state index contributed by atoms with van der Waals surface area (Å²) in [6.07, 6.45) is 0. The van der Waals surface area contributed by atoms with E-state index in [0.717, 1.165) is 9.13 Å². The van der Waals surface area contributed by atoms with Crippen LogP contribution in [0.5, 0.6) is 11.5 Å². The number of nitrogens with one attached hydrogen (secondary N) is 1. The van der Waals surface area contributed by atoms with E-state index in [1.165, 1.54) is 40.4 Å². The summed E-state index contributed by atoms with van der Waals surface area (Å²) in [5.74, 6) is 0.0211. The SMILES string of the molecule is COc1cc(F)c(C(C)Nc2c(C#N)c(=O)n(C)c(=O)n2C)cc1OC. The molecule has 0 spiro atoms. The molecule has 1 heterocycles. The van der Waals surface area contributed by atoms with Gasteiger partial charge in [-0.3, -0.25) is 13.9 Å². The van der Waals surface area contributed by atoms with E-state index in [-0.39, 0.29) is 22.7 Å². The number of methoxy groups -OCH3 is 2. The molecule has 1 aromatic heterocycles. The molecule has 138 valence electrons. The van der Waals surface area contributed by atoms with Crippen LogP contribution in [0.2, 0.25) is 0 Å². The Morgan fingerprint density at radius 3 is 2.27 bits per heavy atom. The second kappa shape index (κ2) is 7.31. The molecule has 1 aromatic carbocycles. The van der Waals surface area contributed by atoms with Gasteiger partial charge in [0.2, 0.25) is 0 Å². The molecule has 9 heteroatoms. The Bertz CT molecular complexity index is 1000. The van der Waals surface area contributed by atoms with Crippen LogP contribution in [0, 0.1) is 17.1 Å². The first-order chi connectivity index (χ1) is 12.3. The van der Waals surface area contributed by atoms with Gasteiger partial charge in [-0.05, 0) is 13.0 Å². The van der Waals surface area contributed by atoms with Crippen molar-refractivity contribution in [2.75, 3.05) is 19.5 Å². The normalized spacial score (nSPS) is 11.6. The number of hydrogen-bond acceptors (Lipinski definition) is 6. The van der Waals surface area contributed by atoms with Crippen LogP contribution < -0.4 is 26.0 Å². The van der Waals surface area contributed by atoms with Crippen LogP contribution in [0.4, 0.5) is 10.2 Å². The van der Waals surface area contributed by atoms with E-state index < -0.39 is 23.1 Å². The summed E-state index contributed by atoms with van der Waals surface area (Å²) in [6, 6.07) is 3.76. The molecule has 2 rings (SSSR count). The van der Waals surface area contributed by atoms with E-state index in [0.29, 0.717) is 5.75 Å². The molecular weight excluding hydrogens is 343 g/mol. The zero-order chi connectivity index (χ0) is 19.6. The highest BCUT2D eigenvalue weighted by molar-refractivity contribution is 5.53. The zero-order valence-electron chi connectivity index (χ0n) is 15.1. The number of aromatic nitrogens is 2. The summed E-state index contributed by atoms with van der Waals surface area (Å²) >= 11 is 0. The minimum absolute atomic E-state index is 0.0160. The van der Waals surface area contributed by atoms with Crippen molar-refractivity contribution in [3.63, 3.8) is 0 Å². The van der Waals surface area contributed by atoms with E-state index in [9.17, 15) is 19.2 Å². The predicted octanol–water partition coefficient (Wildman–Crippen LogP) is 1.29. The lowest BCUT2D eigenvalue weighted by atomic mass is 10.1. The van der Waals surface area contributed by atoms with Gasteiger partial charge in [0.25, 0.3) is 5.56 Å². The maximum Gasteiger partial charge on any atom is 0.332 e. The molecule has 26 heavy (non-hydrogen) atoms. The van der Waals surface area contributed by atoms with Crippen molar-refractivity contribution in [1.29, 1.82) is 5.26 Å². The number of nitrogens with zero attached hydrogens (tertiary/aromatic N) is 3. The van der Waals surface area contributed by atoms with Gasteiger partial charge in [0.1, 0.15) is 17.7 Å². The van der Waals surface area contributed by atoms with Gasteiger partial charge in [-0.2, -0.15) is 5.26 Å². The predicted molar refractivity (Wildman–Crippen MR) is 93.2 cm³/mol. The van der Waals surface area contributed by atoms with E-state index in [1.54, 1.807) is 13.0 Å². The van der Waals surface area contributed by atoms with Crippen LogP contribution in [0.15, 0.2) is 21.7 Å². The first kappa shape index (κ1) is 19.1. The number of rotatable bonds is 5. The van der Waals surface area contributed by atoms with Crippen molar-refractivity contribution in [3.05, 3.63) is 49.9 Å². The van der Waals surface area contributed by atoms with Crippen molar-refractivity contribution >= 4 is 5.82 Å². The molecule has 0 bridgehead atoms. The molecule has 1 N–H and O–H groups in total. The molecule has 1 atom stereocenters. The summed E-state index contributed by atoms with van der Waals surface area (Å²) in [5.41, 5.74) is -1.34. The number of halogens is 1. The van der Waals surface area contributed by atoms with Gasteiger partial charge < -0.3 is 14.8 Å². The topological polar surface area (TPSA) is 98.3 Å². The minimum atomic E-state index is -0.724. The number of benzene rings is 1. The average molecular weight is 362 g/mol. The molecule has 0 saturated heterocycles. The second-order valence-electron chi connectivity index (χ2n) is 5.64. The van der Waals surface area contributed by atoms with E-state index in [1.807, 2.05) is 0 Å². The molecule has 0 aliphatic carbocycles. The maximum absolute atomic E-state index is 14.4. The molecular formula is C17H19FN4O4. The molecule has 0 radical (unpaired) electrons. The van der Waals surface area contributed by atoms with Crippen molar-refractivity contribution < 1.29 is 13.9 Å². The van der Waals surface area contributed by atoms with Gasteiger partial charge in [0.15, 0.2) is 17.1 Å². The third kappa shape index (κ3) is 3.13. The van der Waals surface area contributed by atoms with E-state index in [2.05, 4.69) is 5.32 Å². The first-order valence-electron chi connectivity index (χ1n) is 7.64. The van der Waals surface area contributed by atoms with Crippen LogP contribution in [-0.2, 0) is 14.1 Å². The fourth-order valence-electron chi connectivity index (χ4n) is 2.60. The van der Waals surface area contributed by atoms with Crippen LogP contribution >= 0.6 is 0 Å². The zero-order valence-corrected chi connectivity index (χ0v) is 15.1.